The standard InChI is InChI=1S/C24H25ClN6O4/c1-13-19(30-16-4-3-14(8-26)7-15(16)25)28-12-29-20(13)34-24(27)17-9-31(21(32)35-22(2)5-6-22)23(17)11-33-10-18(23)24/h3-4,7,12,17-18H,5-6,9-11,27H2,1-2H3,(H,28,29,30). The summed E-state index contributed by atoms with van der Waals surface area (Å²) in [6.07, 6.45) is 2.87. The lowest BCUT2D eigenvalue weighted by Gasteiger charge is -2.72. The van der Waals surface area contributed by atoms with Crippen LogP contribution in [0.2, 0.25) is 5.02 Å². The van der Waals surface area contributed by atoms with E-state index in [1.807, 2.05) is 13.8 Å². The topological polar surface area (TPSA) is 136 Å². The number of hydrogen-bond acceptors (Lipinski definition) is 9. The van der Waals surface area contributed by atoms with Gasteiger partial charge < -0.3 is 19.5 Å². The van der Waals surface area contributed by atoms with E-state index >= 15 is 0 Å². The summed E-state index contributed by atoms with van der Waals surface area (Å²) in [5.74, 6) is 0.560. The molecule has 2 aromatic rings. The largest absolute Gasteiger partial charge is 0.455 e. The number of nitrogens with two attached hydrogens (primary N) is 1. The number of ether oxygens (including phenoxy) is 3. The molecule has 1 aromatic carbocycles. The number of halogens is 1. The van der Waals surface area contributed by atoms with Crippen molar-refractivity contribution < 1.29 is 19.0 Å². The summed E-state index contributed by atoms with van der Waals surface area (Å²) >= 11 is 6.31. The van der Waals surface area contributed by atoms with Crippen molar-refractivity contribution in [1.29, 1.82) is 5.26 Å². The smallest absolute Gasteiger partial charge is 0.410 e. The minimum absolute atomic E-state index is 0.0965. The number of aromatic nitrogens is 2. The van der Waals surface area contributed by atoms with Crippen LogP contribution in [0.25, 0.3) is 0 Å². The van der Waals surface area contributed by atoms with Gasteiger partial charge in [-0.1, -0.05) is 11.6 Å². The Morgan fingerprint density at radius 2 is 2.17 bits per heavy atom. The van der Waals surface area contributed by atoms with E-state index in [1.54, 1.807) is 23.1 Å². The third-order valence-electron chi connectivity index (χ3n) is 7.95. The molecule has 3 heterocycles. The molecule has 0 bridgehead atoms. The Morgan fingerprint density at radius 1 is 1.37 bits per heavy atom. The molecule has 2 saturated carbocycles. The van der Waals surface area contributed by atoms with Crippen LogP contribution in [0.4, 0.5) is 16.3 Å². The lowest BCUT2D eigenvalue weighted by atomic mass is 9.48. The van der Waals surface area contributed by atoms with Gasteiger partial charge in [-0.25, -0.2) is 14.8 Å². The predicted molar refractivity (Wildman–Crippen MR) is 125 cm³/mol. The quantitative estimate of drug-likeness (QED) is 0.598. The van der Waals surface area contributed by atoms with Gasteiger partial charge in [-0.15, -0.1) is 0 Å². The maximum atomic E-state index is 12.8. The highest BCUT2D eigenvalue weighted by molar-refractivity contribution is 6.33. The third-order valence-corrected chi connectivity index (χ3v) is 8.27. The summed E-state index contributed by atoms with van der Waals surface area (Å²) in [5, 5.41) is 12.6. The highest BCUT2D eigenvalue weighted by atomic mass is 35.5. The second-order valence-corrected chi connectivity index (χ2v) is 10.5. The number of nitrogens with zero attached hydrogens (tertiary/aromatic N) is 4. The fraction of sp³-hybridized carbons (Fsp3) is 0.500. The molecule has 1 amide bonds. The Balaban J connectivity index is 1.21. The molecule has 0 radical (unpaired) electrons. The average molecular weight is 497 g/mol. The number of nitrogens with one attached hydrogen (secondary N) is 1. The molecule has 4 atom stereocenters. The molecule has 10 nitrogen and oxygen atoms in total. The van der Waals surface area contributed by atoms with Gasteiger partial charge in [0.05, 0.1) is 58.5 Å². The zero-order valence-corrected chi connectivity index (χ0v) is 20.1. The molecule has 4 fully saturated rings. The van der Waals surface area contributed by atoms with Gasteiger partial charge in [0.15, 0.2) is 5.72 Å². The first-order valence-corrected chi connectivity index (χ1v) is 11.9. The number of amides is 1. The number of carbonyl (C=O) groups is 1. The van der Waals surface area contributed by atoms with Crippen LogP contribution in [0.5, 0.6) is 5.88 Å². The van der Waals surface area contributed by atoms with Crippen LogP contribution in [-0.2, 0) is 9.47 Å². The minimum atomic E-state index is -1.03. The maximum Gasteiger partial charge on any atom is 0.410 e. The highest BCUT2D eigenvalue weighted by Crippen LogP contribution is 2.64. The van der Waals surface area contributed by atoms with Crippen LogP contribution in [0, 0.1) is 30.1 Å². The number of piperidine rings is 1. The summed E-state index contributed by atoms with van der Waals surface area (Å²) in [4.78, 5) is 23.2. The van der Waals surface area contributed by atoms with Crippen molar-refractivity contribution in [1.82, 2.24) is 14.9 Å². The Hall–Kier alpha value is -3.13. The molecule has 4 aliphatic rings. The second kappa shape index (κ2) is 7.43. The summed E-state index contributed by atoms with van der Waals surface area (Å²) in [5.41, 5.74) is 6.68. The van der Waals surface area contributed by atoms with Gasteiger partial charge in [0, 0.05) is 6.54 Å². The van der Waals surface area contributed by atoms with Gasteiger partial charge in [0.25, 0.3) is 0 Å². The van der Waals surface area contributed by atoms with Crippen LogP contribution < -0.4 is 15.8 Å². The predicted octanol–water partition coefficient (Wildman–Crippen LogP) is 3.11. The van der Waals surface area contributed by atoms with Crippen LogP contribution >= 0.6 is 11.6 Å². The molecule has 2 saturated heterocycles. The molecule has 4 unspecified atom stereocenters. The van der Waals surface area contributed by atoms with E-state index in [1.165, 1.54) is 6.33 Å². The lowest BCUT2D eigenvalue weighted by Crippen LogP contribution is -2.93. The van der Waals surface area contributed by atoms with Crippen molar-refractivity contribution in [2.45, 2.75) is 43.6 Å². The molecule has 35 heavy (non-hydrogen) atoms. The number of anilines is 2. The number of carbonyl (C=O) groups excluding carboxylic acids is 1. The first-order chi connectivity index (χ1) is 16.7. The molecule has 1 spiro atoms. The molecule has 1 aromatic heterocycles. The number of nitriles is 1. The van der Waals surface area contributed by atoms with Crippen molar-refractivity contribution in [2.75, 3.05) is 25.1 Å². The SMILES string of the molecule is Cc1c(Nc2ccc(C#N)cc2Cl)ncnc1OC1(N)C2COCC23C1CN3C(=O)OC1(C)CC1. The van der Waals surface area contributed by atoms with Crippen LogP contribution in [0.1, 0.15) is 30.9 Å². The van der Waals surface area contributed by atoms with Crippen molar-refractivity contribution in [2.24, 2.45) is 17.6 Å². The van der Waals surface area contributed by atoms with E-state index in [-0.39, 0.29) is 23.5 Å². The van der Waals surface area contributed by atoms with Crippen molar-refractivity contribution in [3.63, 3.8) is 0 Å². The number of likely N-dealkylation sites (tertiary alicyclic amines) is 1. The summed E-state index contributed by atoms with van der Waals surface area (Å²) in [6.45, 7) is 5.04. The van der Waals surface area contributed by atoms with Crippen molar-refractivity contribution >= 4 is 29.2 Å². The van der Waals surface area contributed by atoms with Crippen LogP contribution in [0.3, 0.4) is 0 Å². The number of hydrogen-bond donors (Lipinski definition) is 2. The Labute approximate surface area is 207 Å². The van der Waals surface area contributed by atoms with E-state index in [0.29, 0.717) is 53.3 Å². The van der Waals surface area contributed by atoms with Gasteiger partial charge in [-0.05, 0) is 44.9 Å². The van der Waals surface area contributed by atoms with E-state index in [2.05, 4.69) is 21.4 Å². The highest BCUT2D eigenvalue weighted by Gasteiger charge is 2.83. The zero-order valence-electron chi connectivity index (χ0n) is 19.4. The lowest BCUT2D eigenvalue weighted by molar-refractivity contribution is -0.283. The fourth-order valence-corrected chi connectivity index (χ4v) is 5.78. The molecular formula is C24H25ClN6O4. The monoisotopic (exact) mass is 496 g/mol. The van der Waals surface area contributed by atoms with Gasteiger partial charge >= 0.3 is 6.09 Å². The Kier molecular flexibility index (Phi) is 4.75. The molecule has 11 heteroatoms. The molecule has 3 N–H and O–H groups in total. The summed E-state index contributed by atoms with van der Waals surface area (Å²) < 4.78 is 17.8. The average Bonchev–Trinajstić information content (AvgIpc) is 3.35. The van der Waals surface area contributed by atoms with Crippen molar-refractivity contribution in [3.05, 3.63) is 40.7 Å². The maximum absolute atomic E-state index is 12.8. The number of rotatable bonds is 5. The molecule has 2 aliphatic heterocycles. The molecule has 6 rings (SSSR count). The van der Waals surface area contributed by atoms with E-state index in [4.69, 9.17) is 36.8 Å². The van der Waals surface area contributed by atoms with E-state index in [0.717, 1.165) is 12.8 Å². The zero-order chi connectivity index (χ0) is 24.6. The van der Waals surface area contributed by atoms with Gasteiger partial charge in [-0.3, -0.25) is 10.6 Å². The van der Waals surface area contributed by atoms with E-state index in [9.17, 15) is 4.79 Å². The Bertz CT molecular complexity index is 1280. The first kappa shape index (κ1) is 22.3. The summed E-state index contributed by atoms with van der Waals surface area (Å²) in [7, 11) is 0. The first-order valence-electron chi connectivity index (χ1n) is 11.5. The van der Waals surface area contributed by atoms with Gasteiger partial charge in [0.1, 0.15) is 17.7 Å². The fourth-order valence-electron chi connectivity index (χ4n) is 5.56. The minimum Gasteiger partial charge on any atom is -0.455 e. The van der Waals surface area contributed by atoms with Crippen molar-refractivity contribution in [3.8, 4) is 11.9 Å². The van der Waals surface area contributed by atoms with E-state index < -0.39 is 11.3 Å². The van der Waals surface area contributed by atoms with Crippen LogP contribution in [-0.4, -0.2) is 57.6 Å². The molecule has 2 aliphatic carbocycles. The molecular weight excluding hydrogens is 472 g/mol. The Morgan fingerprint density at radius 3 is 2.89 bits per heavy atom. The third kappa shape index (κ3) is 3.19. The normalized spacial score (nSPS) is 31.2. The summed E-state index contributed by atoms with van der Waals surface area (Å²) in [6, 6.07) is 7.02. The van der Waals surface area contributed by atoms with Gasteiger partial charge in [-0.2, -0.15) is 5.26 Å². The van der Waals surface area contributed by atoms with Crippen LogP contribution in [0.15, 0.2) is 24.5 Å². The van der Waals surface area contributed by atoms with Gasteiger partial charge in [0.2, 0.25) is 5.88 Å². The molecule has 182 valence electrons. The second-order valence-electron chi connectivity index (χ2n) is 10.1. The number of benzene rings is 1.